The van der Waals surface area contributed by atoms with Gasteiger partial charge in [0.15, 0.2) is 0 Å². The fraction of sp³-hybridized carbons (Fsp3) is 0.818. The van der Waals surface area contributed by atoms with Gasteiger partial charge in [0, 0.05) is 18.4 Å². The van der Waals surface area contributed by atoms with Crippen LogP contribution < -0.4 is 16.6 Å². The van der Waals surface area contributed by atoms with Crippen molar-refractivity contribution in [2.45, 2.75) is 52.4 Å². The molecule has 3 nitrogen and oxygen atoms in total. The summed E-state index contributed by atoms with van der Waals surface area (Å²) in [5.41, 5.74) is 3.84. The van der Waals surface area contributed by atoms with Crippen LogP contribution in [0.5, 0.6) is 0 Å². The van der Waals surface area contributed by atoms with E-state index in [1.807, 2.05) is 6.20 Å². The molecule has 0 aliphatic heterocycles. The Morgan fingerprint density at radius 2 is 1.93 bits per heavy atom. The average Bonchev–Trinajstić information content (AvgIpc) is 2.22. The molecule has 84 valence electrons. The minimum Gasteiger partial charge on any atom is -0.389 e. The lowest BCUT2D eigenvalue weighted by Crippen LogP contribution is -2.23. The molecule has 14 heavy (non-hydrogen) atoms. The number of rotatable bonds is 9. The maximum absolute atomic E-state index is 5.41. The zero-order valence-electron chi connectivity index (χ0n) is 9.60. The van der Waals surface area contributed by atoms with Gasteiger partial charge in [-0.3, -0.25) is 5.84 Å². The first kappa shape index (κ1) is 13.3. The number of hydrazine groups is 1. The average molecular weight is 199 g/mol. The lowest BCUT2D eigenvalue weighted by atomic mass is 10.1. The number of nitrogens with one attached hydrogen (secondary N) is 2. The molecular weight excluding hydrogens is 174 g/mol. The molecule has 0 saturated heterocycles. The third-order valence-electron chi connectivity index (χ3n) is 2.16. The van der Waals surface area contributed by atoms with Crippen LogP contribution in [0.2, 0.25) is 0 Å². The van der Waals surface area contributed by atoms with Crippen molar-refractivity contribution in [1.29, 1.82) is 0 Å². The van der Waals surface area contributed by atoms with Crippen molar-refractivity contribution in [3.63, 3.8) is 0 Å². The highest BCUT2D eigenvalue weighted by atomic mass is 15.2. The number of hydrogen-bond donors (Lipinski definition) is 3. The lowest BCUT2D eigenvalue weighted by molar-refractivity contribution is 0.637. The minimum atomic E-state index is 1.01. The number of nitrogens with two attached hydrogens (primary N) is 1. The summed E-state index contributed by atoms with van der Waals surface area (Å²) in [6.07, 6.45) is 9.30. The van der Waals surface area contributed by atoms with E-state index in [1.54, 1.807) is 0 Å². The largest absolute Gasteiger partial charge is 0.389 e. The Morgan fingerprint density at radius 1 is 1.14 bits per heavy atom. The van der Waals surface area contributed by atoms with Crippen molar-refractivity contribution in [2.24, 2.45) is 5.84 Å². The number of hydrogen-bond acceptors (Lipinski definition) is 3. The predicted molar refractivity (Wildman–Crippen MR) is 62.5 cm³/mol. The van der Waals surface area contributed by atoms with Crippen LogP contribution in [-0.4, -0.2) is 6.54 Å². The van der Waals surface area contributed by atoms with Crippen molar-refractivity contribution >= 4 is 0 Å². The summed E-state index contributed by atoms with van der Waals surface area (Å²) < 4.78 is 0. The van der Waals surface area contributed by atoms with Gasteiger partial charge in [-0.15, -0.1) is 0 Å². The van der Waals surface area contributed by atoms with Crippen LogP contribution in [0.25, 0.3) is 0 Å². The second kappa shape index (κ2) is 10.4. The zero-order valence-corrected chi connectivity index (χ0v) is 9.60. The summed E-state index contributed by atoms with van der Waals surface area (Å²) in [6, 6.07) is 0. The van der Waals surface area contributed by atoms with E-state index in [0.29, 0.717) is 0 Å². The van der Waals surface area contributed by atoms with Gasteiger partial charge in [-0.1, -0.05) is 33.1 Å². The third-order valence-corrected chi connectivity index (χ3v) is 2.16. The molecule has 0 radical (unpaired) electrons. The van der Waals surface area contributed by atoms with E-state index in [9.17, 15) is 0 Å². The monoisotopic (exact) mass is 199 g/mol. The van der Waals surface area contributed by atoms with Gasteiger partial charge in [0.25, 0.3) is 0 Å². The highest BCUT2D eigenvalue weighted by Gasteiger charge is 1.94. The molecule has 0 fully saturated rings. The van der Waals surface area contributed by atoms with Crippen molar-refractivity contribution in [3.8, 4) is 0 Å². The zero-order chi connectivity index (χ0) is 10.6. The van der Waals surface area contributed by atoms with Crippen LogP contribution in [0.3, 0.4) is 0 Å². The molecule has 0 atom stereocenters. The summed E-state index contributed by atoms with van der Waals surface area (Å²) in [6.45, 7) is 5.39. The van der Waals surface area contributed by atoms with Crippen molar-refractivity contribution < 1.29 is 0 Å². The molecule has 0 aliphatic rings. The van der Waals surface area contributed by atoms with E-state index in [2.05, 4.69) is 24.6 Å². The molecule has 0 bridgehead atoms. The number of unbranched alkanes of at least 4 members (excludes halogenated alkanes) is 3. The Balaban J connectivity index is 3.51. The Bertz CT molecular complexity index is 143. The van der Waals surface area contributed by atoms with Crippen molar-refractivity contribution in [2.75, 3.05) is 6.54 Å². The molecule has 0 spiro atoms. The molecule has 0 unspecified atom stereocenters. The molecule has 0 aromatic heterocycles. The van der Waals surface area contributed by atoms with Gasteiger partial charge in [0.1, 0.15) is 0 Å². The van der Waals surface area contributed by atoms with E-state index >= 15 is 0 Å². The van der Waals surface area contributed by atoms with E-state index < -0.39 is 0 Å². The van der Waals surface area contributed by atoms with Gasteiger partial charge in [-0.25, -0.2) is 0 Å². The quantitative estimate of drug-likeness (QED) is 0.303. The van der Waals surface area contributed by atoms with Crippen LogP contribution in [-0.2, 0) is 0 Å². The maximum Gasteiger partial charge on any atom is 0.0415 e. The van der Waals surface area contributed by atoms with Gasteiger partial charge < -0.3 is 10.7 Å². The topological polar surface area (TPSA) is 50.1 Å². The standard InChI is InChI=1S/C11H25N3/c1-3-5-6-7-8-11(14-12)10-13-9-4-2/h10,13-14H,3-9,12H2,1-2H3/b11-10-. The SMILES string of the molecule is CCCCCC/C(=C/NCCC)NN. The summed E-state index contributed by atoms with van der Waals surface area (Å²) in [7, 11) is 0. The molecule has 3 heteroatoms. The molecule has 0 heterocycles. The molecule has 0 aromatic rings. The second-order valence-electron chi connectivity index (χ2n) is 3.58. The van der Waals surface area contributed by atoms with Crippen LogP contribution in [0.1, 0.15) is 52.4 Å². The van der Waals surface area contributed by atoms with E-state index in [4.69, 9.17) is 5.84 Å². The smallest absolute Gasteiger partial charge is 0.0415 e. The minimum absolute atomic E-state index is 1.01. The molecule has 4 N–H and O–H groups in total. The van der Waals surface area contributed by atoms with E-state index in [1.165, 1.54) is 25.7 Å². The molecular formula is C11H25N3. The molecule has 0 aliphatic carbocycles. The second-order valence-corrected chi connectivity index (χ2v) is 3.58. The Hall–Kier alpha value is -0.700. The third kappa shape index (κ3) is 7.92. The van der Waals surface area contributed by atoms with Gasteiger partial charge in [-0.2, -0.15) is 0 Å². The maximum atomic E-state index is 5.41. The summed E-state index contributed by atoms with van der Waals surface area (Å²) >= 11 is 0. The van der Waals surface area contributed by atoms with Crippen molar-refractivity contribution in [1.82, 2.24) is 10.7 Å². The van der Waals surface area contributed by atoms with Crippen LogP contribution in [0.15, 0.2) is 11.9 Å². The van der Waals surface area contributed by atoms with Crippen LogP contribution in [0, 0.1) is 0 Å². The van der Waals surface area contributed by atoms with E-state index in [-0.39, 0.29) is 0 Å². The Morgan fingerprint density at radius 3 is 2.50 bits per heavy atom. The summed E-state index contributed by atoms with van der Waals surface area (Å²) in [5.74, 6) is 5.41. The fourth-order valence-corrected chi connectivity index (χ4v) is 1.27. The first-order valence-corrected chi connectivity index (χ1v) is 5.74. The van der Waals surface area contributed by atoms with Gasteiger partial charge in [0.05, 0.1) is 0 Å². The summed E-state index contributed by atoms with van der Waals surface area (Å²) in [4.78, 5) is 0. The van der Waals surface area contributed by atoms with Crippen LogP contribution >= 0.6 is 0 Å². The Labute approximate surface area is 88.1 Å². The molecule has 0 rings (SSSR count). The highest BCUT2D eigenvalue weighted by Crippen LogP contribution is 2.06. The highest BCUT2D eigenvalue weighted by molar-refractivity contribution is 4.96. The van der Waals surface area contributed by atoms with Crippen molar-refractivity contribution in [3.05, 3.63) is 11.9 Å². The fourth-order valence-electron chi connectivity index (χ4n) is 1.27. The number of allylic oxidation sites excluding steroid dienone is 1. The first-order chi connectivity index (χ1) is 6.85. The van der Waals surface area contributed by atoms with Gasteiger partial charge >= 0.3 is 0 Å². The molecule has 0 saturated carbocycles. The Kier molecular flexibility index (Phi) is 9.86. The van der Waals surface area contributed by atoms with Crippen LogP contribution in [0.4, 0.5) is 0 Å². The molecule has 0 aromatic carbocycles. The molecule has 0 amide bonds. The first-order valence-electron chi connectivity index (χ1n) is 5.74. The van der Waals surface area contributed by atoms with E-state index in [0.717, 1.165) is 25.1 Å². The summed E-state index contributed by atoms with van der Waals surface area (Å²) in [5, 5.41) is 3.22. The van der Waals surface area contributed by atoms with Gasteiger partial charge in [-0.05, 0) is 19.3 Å². The normalized spacial score (nSPS) is 11.5. The lowest BCUT2D eigenvalue weighted by Gasteiger charge is -2.07. The van der Waals surface area contributed by atoms with Gasteiger partial charge in [0.2, 0.25) is 0 Å². The predicted octanol–water partition coefficient (Wildman–Crippen LogP) is 2.26.